The zero-order valence-electron chi connectivity index (χ0n) is 10.9. The Morgan fingerprint density at radius 3 is 2.88 bits per heavy atom. The Bertz CT molecular complexity index is 379. The molecule has 1 saturated heterocycles. The quantitative estimate of drug-likeness (QED) is 0.608. The van der Waals surface area contributed by atoms with Crippen LogP contribution in [0.5, 0.6) is 0 Å². The van der Waals surface area contributed by atoms with E-state index >= 15 is 0 Å². The Balaban J connectivity index is 2.24. The summed E-state index contributed by atoms with van der Waals surface area (Å²) in [6.45, 7) is 8.06. The van der Waals surface area contributed by atoms with Gasteiger partial charge in [0.15, 0.2) is 0 Å². The van der Waals surface area contributed by atoms with Crippen molar-refractivity contribution in [2.75, 3.05) is 16.9 Å². The highest BCUT2D eigenvalue weighted by atomic mass is 15.3. The van der Waals surface area contributed by atoms with Gasteiger partial charge in [-0.15, -0.1) is 0 Å². The molecule has 0 aliphatic carbocycles. The molecule has 2 heterocycles. The molecule has 3 atom stereocenters. The first-order valence-corrected chi connectivity index (χ1v) is 6.31. The number of pyridine rings is 1. The smallest absolute Gasteiger partial charge is 0.141 e. The molecule has 3 unspecified atom stereocenters. The van der Waals surface area contributed by atoms with Crippen molar-refractivity contribution in [3.63, 3.8) is 0 Å². The van der Waals surface area contributed by atoms with Gasteiger partial charge in [0.2, 0.25) is 0 Å². The molecule has 3 N–H and O–H groups in total. The SMILES string of the molecule is CC1CC(C)C(C)N(c2ccnc(NN)c2)C1. The highest BCUT2D eigenvalue weighted by Crippen LogP contribution is 2.31. The number of hydrogen-bond donors (Lipinski definition) is 2. The zero-order valence-corrected chi connectivity index (χ0v) is 10.9. The second kappa shape index (κ2) is 4.92. The number of hydrazine groups is 1. The van der Waals surface area contributed by atoms with Crippen LogP contribution in [0.1, 0.15) is 27.2 Å². The maximum atomic E-state index is 5.41. The average molecular weight is 234 g/mol. The molecule has 94 valence electrons. The molecular formula is C13H22N4. The van der Waals surface area contributed by atoms with E-state index in [9.17, 15) is 0 Å². The van der Waals surface area contributed by atoms with Gasteiger partial charge in [0.25, 0.3) is 0 Å². The van der Waals surface area contributed by atoms with Crippen molar-refractivity contribution in [2.24, 2.45) is 17.7 Å². The molecule has 2 rings (SSSR count). The molecule has 0 bridgehead atoms. The van der Waals surface area contributed by atoms with Crippen molar-refractivity contribution in [1.82, 2.24) is 4.98 Å². The van der Waals surface area contributed by atoms with Crippen molar-refractivity contribution in [2.45, 2.75) is 33.2 Å². The van der Waals surface area contributed by atoms with Crippen LogP contribution in [0.3, 0.4) is 0 Å². The van der Waals surface area contributed by atoms with Crippen molar-refractivity contribution in [1.29, 1.82) is 0 Å². The first-order valence-electron chi connectivity index (χ1n) is 6.31. The maximum absolute atomic E-state index is 5.41. The van der Waals surface area contributed by atoms with E-state index in [2.05, 4.69) is 42.1 Å². The lowest BCUT2D eigenvalue weighted by Crippen LogP contribution is -2.45. The molecule has 1 aliphatic rings. The number of nitrogens with two attached hydrogens (primary N) is 1. The Hall–Kier alpha value is -1.29. The largest absolute Gasteiger partial charge is 0.368 e. The standard InChI is InChI=1S/C13H22N4/c1-9-6-10(2)11(3)17(8-9)12-4-5-15-13(7-12)16-14/h4-5,7,9-11H,6,8,14H2,1-3H3,(H,15,16). The lowest BCUT2D eigenvalue weighted by molar-refractivity contribution is 0.297. The fraction of sp³-hybridized carbons (Fsp3) is 0.615. The highest BCUT2D eigenvalue weighted by Gasteiger charge is 2.28. The summed E-state index contributed by atoms with van der Waals surface area (Å²) in [5.74, 6) is 7.59. The van der Waals surface area contributed by atoms with E-state index in [1.807, 2.05) is 6.07 Å². The van der Waals surface area contributed by atoms with Crippen molar-refractivity contribution < 1.29 is 0 Å². The van der Waals surface area contributed by atoms with E-state index in [0.29, 0.717) is 6.04 Å². The number of anilines is 2. The van der Waals surface area contributed by atoms with Crippen LogP contribution in [0.4, 0.5) is 11.5 Å². The monoisotopic (exact) mass is 234 g/mol. The normalized spacial score (nSPS) is 29.2. The second-order valence-electron chi connectivity index (χ2n) is 5.25. The van der Waals surface area contributed by atoms with Crippen LogP contribution in [0.2, 0.25) is 0 Å². The Morgan fingerprint density at radius 2 is 2.18 bits per heavy atom. The minimum absolute atomic E-state index is 0.569. The molecule has 0 saturated carbocycles. The molecule has 4 heteroatoms. The van der Waals surface area contributed by atoms with Gasteiger partial charge >= 0.3 is 0 Å². The van der Waals surface area contributed by atoms with Gasteiger partial charge in [0.05, 0.1) is 0 Å². The van der Waals surface area contributed by atoms with Crippen LogP contribution >= 0.6 is 0 Å². The van der Waals surface area contributed by atoms with E-state index < -0.39 is 0 Å². The average Bonchev–Trinajstić information content (AvgIpc) is 2.34. The molecule has 0 spiro atoms. The Labute approximate surface area is 103 Å². The van der Waals surface area contributed by atoms with Crippen molar-refractivity contribution in [3.05, 3.63) is 18.3 Å². The van der Waals surface area contributed by atoms with Gasteiger partial charge in [-0.25, -0.2) is 10.8 Å². The lowest BCUT2D eigenvalue weighted by Gasteiger charge is -2.42. The van der Waals surface area contributed by atoms with E-state index in [4.69, 9.17) is 5.84 Å². The van der Waals surface area contributed by atoms with Crippen LogP contribution in [0.25, 0.3) is 0 Å². The molecule has 0 amide bonds. The first kappa shape index (κ1) is 12.2. The van der Waals surface area contributed by atoms with E-state index in [1.165, 1.54) is 12.1 Å². The van der Waals surface area contributed by atoms with Gasteiger partial charge in [-0.3, -0.25) is 0 Å². The summed E-state index contributed by atoms with van der Waals surface area (Å²) in [5, 5.41) is 0. The summed E-state index contributed by atoms with van der Waals surface area (Å²) in [6.07, 6.45) is 3.12. The van der Waals surface area contributed by atoms with E-state index in [0.717, 1.165) is 24.2 Å². The number of piperidine rings is 1. The van der Waals surface area contributed by atoms with Gasteiger partial charge in [0, 0.05) is 30.5 Å². The second-order valence-corrected chi connectivity index (χ2v) is 5.25. The molecule has 1 aromatic rings. The summed E-state index contributed by atoms with van der Waals surface area (Å²) < 4.78 is 0. The summed E-state index contributed by atoms with van der Waals surface area (Å²) in [6, 6.07) is 4.64. The fourth-order valence-electron chi connectivity index (χ4n) is 2.73. The molecule has 4 nitrogen and oxygen atoms in total. The van der Waals surface area contributed by atoms with Gasteiger partial charge in [-0.2, -0.15) is 0 Å². The van der Waals surface area contributed by atoms with E-state index in [1.54, 1.807) is 6.20 Å². The van der Waals surface area contributed by atoms with Crippen molar-refractivity contribution in [3.8, 4) is 0 Å². The number of hydrogen-bond acceptors (Lipinski definition) is 4. The number of nitrogens with zero attached hydrogens (tertiary/aromatic N) is 2. The molecule has 0 radical (unpaired) electrons. The van der Waals surface area contributed by atoms with Gasteiger partial charge in [-0.1, -0.05) is 13.8 Å². The predicted octanol–water partition coefficient (Wildman–Crippen LogP) is 2.24. The lowest BCUT2D eigenvalue weighted by atomic mass is 9.85. The molecular weight excluding hydrogens is 212 g/mol. The van der Waals surface area contributed by atoms with Crippen LogP contribution in [-0.4, -0.2) is 17.6 Å². The van der Waals surface area contributed by atoms with Crippen molar-refractivity contribution >= 4 is 11.5 Å². The van der Waals surface area contributed by atoms with Crippen LogP contribution in [0.15, 0.2) is 18.3 Å². The molecule has 1 aromatic heterocycles. The topological polar surface area (TPSA) is 54.2 Å². The maximum Gasteiger partial charge on any atom is 0.141 e. The number of rotatable bonds is 2. The number of nitrogen functional groups attached to an aromatic ring is 1. The fourth-order valence-corrected chi connectivity index (χ4v) is 2.73. The van der Waals surface area contributed by atoms with Gasteiger partial charge < -0.3 is 10.3 Å². The summed E-state index contributed by atoms with van der Waals surface area (Å²) in [7, 11) is 0. The summed E-state index contributed by atoms with van der Waals surface area (Å²) in [5.41, 5.74) is 3.81. The molecule has 1 fully saturated rings. The number of aromatic nitrogens is 1. The summed E-state index contributed by atoms with van der Waals surface area (Å²) >= 11 is 0. The van der Waals surface area contributed by atoms with E-state index in [-0.39, 0.29) is 0 Å². The Morgan fingerprint density at radius 1 is 1.41 bits per heavy atom. The third-order valence-electron chi connectivity index (χ3n) is 3.82. The van der Waals surface area contributed by atoms with Gasteiger partial charge in [-0.05, 0) is 31.2 Å². The molecule has 0 aromatic carbocycles. The summed E-state index contributed by atoms with van der Waals surface area (Å²) in [4.78, 5) is 6.61. The van der Waals surface area contributed by atoms with Crippen LogP contribution in [0, 0.1) is 11.8 Å². The third-order valence-corrected chi connectivity index (χ3v) is 3.82. The third kappa shape index (κ3) is 2.52. The number of nitrogens with one attached hydrogen (secondary N) is 1. The minimum Gasteiger partial charge on any atom is -0.368 e. The van der Waals surface area contributed by atoms with Gasteiger partial charge in [0.1, 0.15) is 5.82 Å². The molecule has 17 heavy (non-hydrogen) atoms. The van der Waals surface area contributed by atoms with Crippen LogP contribution < -0.4 is 16.2 Å². The predicted molar refractivity (Wildman–Crippen MR) is 71.8 cm³/mol. The highest BCUT2D eigenvalue weighted by molar-refractivity contribution is 5.54. The first-order chi connectivity index (χ1) is 8.11. The van der Waals surface area contributed by atoms with Crippen LogP contribution in [-0.2, 0) is 0 Å². The minimum atomic E-state index is 0.569. The zero-order chi connectivity index (χ0) is 12.4. The molecule has 1 aliphatic heterocycles. The Kier molecular flexibility index (Phi) is 3.52.